The zero-order valence-electron chi connectivity index (χ0n) is 35.4. The first-order valence-electron chi connectivity index (χ1n) is 21.2. The van der Waals surface area contributed by atoms with Gasteiger partial charge in [0.1, 0.15) is 12.2 Å². The first kappa shape index (κ1) is 46.4. The highest BCUT2D eigenvalue weighted by Crippen LogP contribution is 2.37. The molecule has 0 spiro atoms. The van der Waals surface area contributed by atoms with Crippen LogP contribution in [0, 0.1) is 0 Å². The zero-order valence-corrected chi connectivity index (χ0v) is 35.4. The van der Waals surface area contributed by atoms with Crippen molar-refractivity contribution in [3.63, 3.8) is 0 Å². The van der Waals surface area contributed by atoms with Crippen molar-refractivity contribution in [3.8, 4) is 0 Å². The van der Waals surface area contributed by atoms with Gasteiger partial charge in [-0.15, -0.1) is 0 Å². The van der Waals surface area contributed by atoms with Crippen LogP contribution >= 0.6 is 0 Å². The van der Waals surface area contributed by atoms with Gasteiger partial charge in [-0.3, -0.25) is 19.3 Å². The van der Waals surface area contributed by atoms with Gasteiger partial charge < -0.3 is 9.47 Å². The van der Waals surface area contributed by atoms with Crippen LogP contribution in [-0.4, -0.2) is 69.6 Å². The Balaban J connectivity index is 1.65. The molecule has 0 aliphatic carbocycles. The van der Waals surface area contributed by atoms with E-state index < -0.39 is 11.1 Å². The van der Waals surface area contributed by atoms with E-state index in [1.165, 1.54) is 64.2 Å². The molecule has 0 aromatic rings. The van der Waals surface area contributed by atoms with E-state index in [9.17, 15) is 9.59 Å². The summed E-state index contributed by atoms with van der Waals surface area (Å²) in [5, 5.41) is 4.07. The standard InChI is InChI=1S/C44H80N2O6/c1-11-13-15-17-23-27-35-49-45-41(3,4)33-31-37(43(45,7)8)51-39(47)29-25-21-19-20-22-26-30-40(48)52-38-32-34-42(5,6)46(44(38,9)10)50-36-28-24-18-16-14-12-2/h31-34,37-38H,11-30,35-36H2,1-10H3. The summed E-state index contributed by atoms with van der Waals surface area (Å²) in [5.74, 6) is -0.314. The number of hydroxylamine groups is 4. The van der Waals surface area contributed by atoms with Crippen molar-refractivity contribution in [3.05, 3.63) is 24.3 Å². The van der Waals surface area contributed by atoms with E-state index in [-0.39, 0.29) is 35.2 Å². The number of esters is 2. The molecule has 8 heteroatoms. The molecule has 302 valence electrons. The van der Waals surface area contributed by atoms with Gasteiger partial charge in [0.15, 0.2) is 0 Å². The fourth-order valence-corrected chi connectivity index (χ4v) is 7.72. The fourth-order valence-electron chi connectivity index (χ4n) is 7.72. The molecule has 2 atom stereocenters. The van der Waals surface area contributed by atoms with E-state index in [2.05, 4.69) is 81.4 Å². The third-order valence-electron chi connectivity index (χ3n) is 10.8. The van der Waals surface area contributed by atoms with Gasteiger partial charge in [-0.2, -0.15) is 10.1 Å². The third-order valence-corrected chi connectivity index (χ3v) is 10.8. The third kappa shape index (κ3) is 15.5. The van der Waals surface area contributed by atoms with Gasteiger partial charge in [-0.1, -0.05) is 116 Å². The smallest absolute Gasteiger partial charge is 0.306 e. The number of rotatable bonds is 27. The van der Waals surface area contributed by atoms with Crippen LogP contribution in [0.25, 0.3) is 0 Å². The average molecular weight is 733 g/mol. The topological polar surface area (TPSA) is 77.5 Å². The summed E-state index contributed by atoms with van der Waals surface area (Å²) in [6.45, 7) is 22.8. The highest BCUT2D eigenvalue weighted by Gasteiger charge is 2.48. The van der Waals surface area contributed by atoms with E-state index in [4.69, 9.17) is 19.1 Å². The molecule has 2 unspecified atom stereocenters. The van der Waals surface area contributed by atoms with Crippen molar-refractivity contribution < 1.29 is 28.7 Å². The molecule has 0 fully saturated rings. The van der Waals surface area contributed by atoms with Gasteiger partial charge in [-0.25, -0.2) is 0 Å². The van der Waals surface area contributed by atoms with Crippen LogP contribution in [-0.2, 0) is 28.7 Å². The normalized spacial score (nSPS) is 22.0. The zero-order chi connectivity index (χ0) is 38.7. The second-order valence-corrected chi connectivity index (χ2v) is 17.6. The Bertz CT molecular complexity index is 997. The summed E-state index contributed by atoms with van der Waals surface area (Å²) >= 11 is 0. The molecular weight excluding hydrogens is 652 g/mol. The van der Waals surface area contributed by atoms with Crippen molar-refractivity contribution in [1.29, 1.82) is 0 Å². The Morgan fingerprint density at radius 2 is 0.788 bits per heavy atom. The Labute approximate surface area is 319 Å². The summed E-state index contributed by atoms with van der Waals surface area (Å²) in [4.78, 5) is 38.4. The van der Waals surface area contributed by atoms with Gasteiger partial charge in [0, 0.05) is 12.8 Å². The van der Waals surface area contributed by atoms with Crippen molar-refractivity contribution in [2.24, 2.45) is 0 Å². The second-order valence-electron chi connectivity index (χ2n) is 17.6. The Morgan fingerprint density at radius 1 is 0.481 bits per heavy atom. The molecule has 2 aliphatic heterocycles. The molecule has 52 heavy (non-hydrogen) atoms. The Kier molecular flexibility index (Phi) is 20.7. The van der Waals surface area contributed by atoms with Gasteiger partial charge in [0.05, 0.1) is 35.4 Å². The molecule has 2 rings (SSSR count). The van der Waals surface area contributed by atoms with E-state index in [1.54, 1.807) is 0 Å². The molecule has 0 amide bonds. The predicted octanol–water partition coefficient (Wildman–Crippen LogP) is 11.4. The number of hydrogen-bond acceptors (Lipinski definition) is 8. The molecule has 0 saturated heterocycles. The molecule has 0 saturated carbocycles. The maximum absolute atomic E-state index is 12.9. The SMILES string of the molecule is CCCCCCCCON1C(C)(C)C=CC(OC(=O)CCCCCCCCC(=O)OC2C=CC(C)(C)N(OCCCCCCCC)C2(C)C)C1(C)C. The van der Waals surface area contributed by atoms with E-state index in [0.717, 1.165) is 51.4 Å². The Morgan fingerprint density at radius 3 is 1.13 bits per heavy atom. The number of nitrogens with zero attached hydrogens (tertiary/aromatic N) is 2. The van der Waals surface area contributed by atoms with Gasteiger partial charge in [0.25, 0.3) is 0 Å². The minimum atomic E-state index is -0.475. The fraction of sp³-hybridized carbons (Fsp3) is 0.864. The number of carbonyl (C=O) groups excluding carboxylic acids is 2. The molecule has 0 aromatic carbocycles. The molecule has 2 heterocycles. The summed E-state index contributed by atoms with van der Waals surface area (Å²) < 4.78 is 12.0. The lowest BCUT2D eigenvalue weighted by molar-refractivity contribution is -0.276. The summed E-state index contributed by atoms with van der Waals surface area (Å²) in [7, 11) is 0. The minimum Gasteiger partial charge on any atom is -0.456 e. The molecule has 2 aliphatic rings. The monoisotopic (exact) mass is 733 g/mol. The van der Waals surface area contributed by atoms with Crippen LogP contribution in [0.4, 0.5) is 0 Å². The van der Waals surface area contributed by atoms with Gasteiger partial charge in [-0.05, 0) is 93.2 Å². The molecule has 0 radical (unpaired) electrons. The minimum absolute atomic E-state index is 0.157. The van der Waals surface area contributed by atoms with E-state index in [1.807, 2.05) is 22.3 Å². The lowest BCUT2D eigenvalue weighted by atomic mass is 9.85. The second kappa shape index (κ2) is 23.2. The average Bonchev–Trinajstić information content (AvgIpc) is 3.06. The highest BCUT2D eigenvalue weighted by atomic mass is 16.7. The van der Waals surface area contributed by atoms with E-state index >= 15 is 0 Å². The molecule has 0 aromatic heterocycles. The summed E-state index contributed by atoms with van der Waals surface area (Å²) in [6.07, 6.45) is 28.6. The lowest BCUT2D eigenvalue weighted by Crippen LogP contribution is -2.62. The van der Waals surface area contributed by atoms with Gasteiger partial charge >= 0.3 is 11.9 Å². The van der Waals surface area contributed by atoms with Crippen LogP contribution in [0.1, 0.15) is 198 Å². The predicted molar refractivity (Wildman–Crippen MR) is 214 cm³/mol. The van der Waals surface area contributed by atoms with Gasteiger partial charge in [0.2, 0.25) is 0 Å². The van der Waals surface area contributed by atoms with E-state index in [0.29, 0.717) is 26.1 Å². The molecule has 0 bridgehead atoms. The van der Waals surface area contributed by atoms with Crippen LogP contribution < -0.4 is 0 Å². The van der Waals surface area contributed by atoms with Crippen molar-refractivity contribution in [2.75, 3.05) is 13.2 Å². The summed E-state index contributed by atoms with van der Waals surface area (Å²) in [5.41, 5.74) is -1.52. The number of carbonyl (C=O) groups is 2. The number of hydrogen-bond donors (Lipinski definition) is 0. The van der Waals surface area contributed by atoms with Crippen molar-refractivity contribution in [2.45, 2.75) is 232 Å². The first-order chi connectivity index (χ1) is 24.6. The lowest BCUT2D eigenvalue weighted by Gasteiger charge is -2.51. The maximum atomic E-state index is 12.9. The van der Waals surface area contributed by atoms with Crippen molar-refractivity contribution >= 4 is 11.9 Å². The maximum Gasteiger partial charge on any atom is 0.306 e. The highest BCUT2D eigenvalue weighted by molar-refractivity contribution is 5.70. The van der Waals surface area contributed by atoms with Crippen LogP contribution in [0.2, 0.25) is 0 Å². The number of unbranched alkanes of at least 4 members (excludes halogenated alkanes) is 15. The quantitative estimate of drug-likeness (QED) is 0.0469. The number of ether oxygens (including phenoxy) is 2. The molecule has 8 nitrogen and oxygen atoms in total. The molecule has 0 N–H and O–H groups in total. The van der Waals surface area contributed by atoms with Crippen LogP contribution in [0.15, 0.2) is 24.3 Å². The van der Waals surface area contributed by atoms with Crippen molar-refractivity contribution in [1.82, 2.24) is 10.1 Å². The summed E-state index contributed by atoms with van der Waals surface area (Å²) in [6, 6.07) is 0. The molecular formula is C44H80N2O6. The Hall–Kier alpha value is -1.74. The van der Waals surface area contributed by atoms with Crippen LogP contribution in [0.5, 0.6) is 0 Å². The first-order valence-corrected chi connectivity index (χ1v) is 21.2. The van der Waals surface area contributed by atoms with Crippen LogP contribution in [0.3, 0.4) is 0 Å². The largest absolute Gasteiger partial charge is 0.456 e.